The Labute approximate surface area is 121 Å². The maximum Gasteiger partial charge on any atom is 0.225 e. The quantitative estimate of drug-likeness (QED) is 0.835. The zero-order chi connectivity index (χ0) is 15.2. The predicted octanol–water partition coefficient (Wildman–Crippen LogP) is 1.87. The number of rotatable bonds is 6. The first-order chi connectivity index (χ1) is 9.35. The Hall–Kier alpha value is -1.39. The van der Waals surface area contributed by atoms with E-state index in [2.05, 4.69) is 11.4 Å². The van der Waals surface area contributed by atoms with Crippen LogP contribution in [-0.4, -0.2) is 25.1 Å². The molecular weight excluding hydrogens is 252 g/mol. The zero-order valence-corrected chi connectivity index (χ0v) is 12.9. The highest BCUT2D eigenvalue weighted by atomic mass is 16.5. The number of nitrogens with two attached hydrogens (primary N) is 1. The van der Waals surface area contributed by atoms with Crippen LogP contribution in [0.2, 0.25) is 0 Å². The number of nitrogens with one attached hydrogen (secondary N) is 1. The second-order valence-electron chi connectivity index (χ2n) is 6.13. The number of benzene rings is 1. The Morgan fingerprint density at radius 1 is 1.35 bits per heavy atom. The lowest BCUT2D eigenvalue weighted by Gasteiger charge is -2.24. The van der Waals surface area contributed by atoms with Gasteiger partial charge >= 0.3 is 0 Å². The normalized spacial score (nSPS) is 13.1. The molecule has 1 amide bonds. The molecule has 4 heteroatoms. The minimum absolute atomic E-state index is 0.0112. The molecule has 0 radical (unpaired) electrons. The molecule has 1 unspecified atom stereocenters. The van der Waals surface area contributed by atoms with E-state index in [-0.39, 0.29) is 17.4 Å². The van der Waals surface area contributed by atoms with Gasteiger partial charge in [-0.15, -0.1) is 0 Å². The van der Waals surface area contributed by atoms with E-state index in [0.717, 1.165) is 11.1 Å². The molecule has 0 fully saturated rings. The second-order valence-corrected chi connectivity index (χ2v) is 6.13. The van der Waals surface area contributed by atoms with Gasteiger partial charge in [0.1, 0.15) is 0 Å². The first kappa shape index (κ1) is 16.7. The highest BCUT2D eigenvalue weighted by Crippen LogP contribution is 2.13. The Balaban J connectivity index is 2.73. The van der Waals surface area contributed by atoms with Crippen LogP contribution in [0.1, 0.15) is 31.9 Å². The molecule has 4 nitrogen and oxygen atoms in total. The van der Waals surface area contributed by atoms with Gasteiger partial charge in [-0.25, -0.2) is 0 Å². The molecule has 1 atom stereocenters. The summed E-state index contributed by atoms with van der Waals surface area (Å²) in [6, 6.07) is 8.08. The van der Waals surface area contributed by atoms with E-state index in [9.17, 15) is 4.79 Å². The number of hydrogen-bond donors (Lipinski definition) is 2. The van der Waals surface area contributed by atoms with Gasteiger partial charge in [-0.2, -0.15) is 0 Å². The fraction of sp³-hybridized carbons (Fsp3) is 0.562. The Morgan fingerprint density at radius 2 is 2.00 bits per heavy atom. The van der Waals surface area contributed by atoms with Gasteiger partial charge < -0.3 is 15.8 Å². The van der Waals surface area contributed by atoms with Gasteiger partial charge in [-0.1, -0.05) is 24.3 Å². The largest absolute Gasteiger partial charge is 0.380 e. The van der Waals surface area contributed by atoms with Gasteiger partial charge in [-0.05, 0) is 38.3 Å². The number of carbonyl (C=O) groups is 1. The van der Waals surface area contributed by atoms with Crippen LogP contribution in [0.4, 0.5) is 0 Å². The van der Waals surface area contributed by atoms with Crippen LogP contribution in [0.3, 0.4) is 0 Å². The van der Waals surface area contributed by atoms with E-state index in [1.54, 1.807) is 7.11 Å². The molecule has 1 rings (SSSR count). The van der Waals surface area contributed by atoms with Gasteiger partial charge in [0.2, 0.25) is 5.91 Å². The minimum atomic E-state index is -0.234. The van der Waals surface area contributed by atoms with Crippen molar-refractivity contribution in [1.82, 2.24) is 5.32 Å². The van der Waals surface area contributed by atoms with Crippen LogP contribution in [-0.2, 0) is 22.6 Å². The summed E-state index contributed by atoms with van der Waals surface area (Å²) < 4.78 is 5.12. The van der Waals surface area contributed by atoms with Crippen molar-refractivity contribution in [3.8, 4) is 0 Å². The molecule has 0 heterocycles. The average Bonchev–Trinajstić information content (AvgIpc) is 2.34. The molecule has 0 spiro atoms. The summed E-state index contributed by atoms with van der Waals surface area (Å²) >= 11 is 0. The highest BCUT2D eigenvalue weighted by molar-refractivity contribution is 5.79. The van der Waals surface area contributed by atoms with Gasteiger partial charge in [0.05, 0.1) is 12.5 Å². The molecule has 0 saturated heterocycles. The lowest BCUT2D eigenvalue weighted by atomic mass is 9.96. The molecule has 20 heavy (non-hydrogen) atoms. The minimum Gasteiger partial charge on any atom is -0.380 e. The van der Waals surface area contributed by atoms with Gasteiger partial charge in [-0.3, -0.25) is 4.79 Å². The fourth-order valence-corrected chi connectivity index (χ4v) is 2.05. The van der Waals surface area contributed by atoms with Crippen LogP contribution in [0, 0.1) is 5.92 Å². The summed E-state index contributed by atoms with van der Waals surface area (Å²) in [7, 11) is 1.67. The number of amides is 1. The van der Waals surface area contributed by atoms with Crippen molar-refractivity contribution in [2.24, 2.45) is 11.7 Å². The van der Waals surface area contributed by atoms with Crippen LogP contribution in [0.15, 0.2) is 24.3 Å². The molecule has 1 aromatic rings. The van der Waals surface area contributed by atoms with Crippen molar-refractivity contribution < 1.29 is 9.53 Å². The average molecular weight is 278 g/mol. The van der Waals surface area contributed by atoms with E-state index >= 15 is 0 Å². The summed E-state index contributed by atoms with van der Waals surface area (Å²) in [6.45, 7) is 6.83. The summed E-state index contributed by atoms with van der Waals surface area (Å²) in [5.41, 5.74) is 7.74. The number of carbonyl (C=O) groups excluding carboxylic acids is 1. The lowest BCUT2D eigenvalue weighted by Crippen LogP contribution is -2.46. The third-order valence-electron chi connectivity index (χ3n) is 2.94. The van der Waals surface area contributed by atoms with Crippen LogP contribution in [0.5, 0.6) is 0 Å². The molecule has 0 aromatic heterocycles. The van der Waals surface area contributed by atoms with Crippen molar-refractivity contribution in [3.63, 3.8) is 0 Å². The molecule has 0 aliphatic heterocycles. The van der Waals surface area contributed by atoms with E-state index in [1.165, 1.54) is 0 Å². The SMILES string of the molecule is COCc1cccc(CC(CN)C(=O)NC(C)(C)C)c1. The first-order valence-electron chi connectivity index (χ1n) is 6.94. The highest BCUT2D eigenvalue weighted by Gasteiger charge is 2.22. The van der Waals surface area contributed by atoms with Gasteiger partial charge in [0, 0.05) is 19.2 Å². The summed E-state index contributed by atoms with van der Waals surface area (Å²) in [5.74, 6) is -0.191. The molecule has 0 saturated carbocycles. The Morgan fingerprint density at radius 3 is 2.55 bits per heavy atom. The maximum atomic E-state index is 12.2. The van der Waals surface area contributed by atoms with Crippen LogP contribution in [0.25, 0.3) is 0 Å². The Bertz CT molecular complexity index is 438. The maximum absolute atomic E-state index is 12.2. The Kier molecular flexibility index (Phi) is 6.17. The van der Waals surface area contributed by atoms with Crippen LogP contribution >= 0.6 is 0 Å². The number of hydrogen-bond acceptors (Lipinski definition) is 3. The molecular formula is C16H26N2O2. The summed E-state index contributed by atoms with van der Waals surface area (Å²) in [5, 5.41) is 2.99. The summed E-state index contributed by atoms with van der Waals surface area (Å²) in [4.78, 5) is 12.2. The zero-order valence-electron chi connectivity index (χ0n) is 12.9. The predicted molar refractivity (Wildman–Crippen MR) is 81.3 cm³/mol. The fourth-order valence-electron chi connectivity index (χ4n) is 2.05. The van der Waals surface area contributed by atoms with E-state index < -0.39 is 0 Å². The number of methoxy groups -OCH3 is 1. The molecule has 0 bridgehead atoms. The molecule has 1 aromatic carbocycles. The van der Waals surface area contributed by atoms with Crippen molar-refractivity contribution in [2.75, 3.05) is 13.7 Å². The van der Waals surface area contributed by atoms with Gasteiger partial charge in [0.25, 0.3) is 0 Å². The van der Waals surface area contributed by atoms with Crippen molar-refractivity contribution >= 4 is 5.91 Å². The monoisotopic (exact) mass is 278 g/mol. The van der Waals surface area contributed by atoms with Crippen molar-refractivity contribution in [3.05, 3.63) is 35.4 Å². The third kappa shape index (κ3) is 5.72. The van der Waals surface area contributed by atoms with E-state index in [1.807, 2.05) is 39.0 Å². The standard InChI is InChI=1S/C16H26N2O2/c1-16(2,3)18-15(19)14(10-17)9-12-6-5-7-13(8-12)11-20-4/h5-8,14H,9-11,17H2,1-4H3,(H,18,19). The summed E-state index contributed by atoms with van der Waals surface area (Å²) in [6.07, 6.45) is 0.649. The molecule has 3 N–H and O–H groups in total. The third-order valence-corrected chi connectivity index (χ3v) is 2.94. The second kappa shape index (κ2) is 7.41. The van der Waals surface area contributed by atoms with E-state index in [0.29, 0.717) is 19.6 Å². The first-order valence-corrected chi connectivity index (χ1v) is 6.94. The van der Waals surface area contributed by atoms with Crippen molar-refractivity contribution in [1.29, 1.82) is 0 Å². The molecule has 0 aliphatic carbocycles. The molecule has 112 valence electrons. The lowest BCUT2D eigenvalue weighted by molar-refractivity contribution is -0.126. The van der Waals surface area contributed by atoms with Gasteiger partial charge in [0.15, 0.2) is 0 Å². The molecule has 0 aliphatic rings. The van der Waals surface area contributed by atoms with Crippen molar-refractivity contribution in [2.45, 2.75) is 39.3 Å². The topological polar surface area (TPSA) is 64.3 Å². The van der Waals surface area contributed by atoms with E-state index in [4.69, 9.17) is 10.5 Å². The smallest absolute Gasteiger partial charge is 0.225 e. The van der Waals surface area contributed by atoms with Crippen LogP contribution < -0.4 is 11.1 Å². The number of ether oxygens (including phenoxy) is 1.